The number of nitriles is 1. The number of thiazole rings is 1. The lowest BCUT2D eigenvalue weighted by Crippen LogP contribution is -2.14. The summed E-state index contributed by atoms with van der Waals surface area (Å²) >= 11 is 1.19. The predicted octanol–water partition coefficient (Wildman–Crippen LogP) is 4.01. The lowest BCUT2D eigenvalue weighted by molar-refractivity contribution is -0.116. The zero-order valence-electron chi connectivity index (χ0n) is 18.6. The van der Waals surface area contributed by atoms with Crippen LogP contribution in [-0.2, 0) is 16.0 Å². The molecule has 34 heavy (non-hydrogen) atoms. The van der Waals surface area contributed by atoms with Gasteiger partial charge < -0.3 is 10.6 Å². The summed E-state index contributed by atoms with van der Waals surface area (Å²) in [6.45, 7) is 5.07. The molecule has 0 bridgehead atoms. The molecule has 0 aliphatic rings. The SMILES string of the molecule is CC(=O)Nc1ccc(-c2csc(NC(=O)CCc3c(C)nc4c(C#N)cnn4c3C)n2)c(F)c1. The molecule has 0 saturated heterocycles. The van der Waals surface area contributed by atoms with Crippen molar-refractivity contribution in [2.45, 2.75) is 33.6 Å². The molecule has 0 fully saturated rings. The molecule has 2 N–H and O–H groups in total. The quantitative estimate of drug-likeness (QED) is 0.432. The number of hydrogen-bond donors (Lipinski definition) is 2. The number of carbonyl (C=O) groups is 2. The third-order valence-corrected chi connectivity index (χ3v) is 6.00. The van der Waals surface area contributed by atoms with Crippen LogP contribution >= 0.6 is 11.3 Å². The van der Waals surface area contributed by atoms with Gasteiger partial charge in [0.25, 0.3) is 0 Å². The summed E-state index contributed by atoms with van der Waals surface area (Å²) in [4.78, 5) is 32.5. The minimum Gasteiger partial charge on any atom is -0.326 e. The first-order chi connectivity index (χ1) is 16.3. The highest BCUT2D eigenvalue weighted by Crippen LogP contribution is 2.29. The maximum atomic E-state index is 14.5. The Kier molecular flexibility index (Phi) is 6.34. The first-order valence-electron chi connectivity index (χ1n) is 10.3. The van der Waals surface area contributed by atoms with E-state index < -0.39 is 5.82 Å². The topological polar surface area (TPSA) is 125 Å². The van der Waals surface area contributed by atoms with Crippen LogP contribution in [-0.4, -0.2) is 31.4 Å². The van der Waals surface area contributed by atoms with Gasteiger partial charge in [0, 0.05) is 41.4 Å². The van der Waals surface area contributed by atoms with E-state index in [1.54, 1.807) is 16.0 Å². The van der Waals surface area contributed by atoms with E-state index in [2.05, 4.69) is 31.8 Å². The number of hydrogen-bond acceptors (Lipinski definition) is 7. The Hall–Kier alpha value is -4.17. The molecule has 4 aromatic rings. The molecule has 4 rings (SSSR count). The van der Waals surface area contributed by atoms with Crippen LogP contribution in [0.5, 0.6) is 0 Å². The summed E-state index contributed by atoms with van der Waals surface area (Å²) in [5, 5.41) is 20.7. The van der Waals surface area contributed by atoms with Crippen molar-refractivity contribution in [3.05, 3.63) is 58.1 Å². The summed E-state index contributed by atoms with van der Waals surface area (Å²) in [6.07, 6.45) is 2.10. The molecule has 0 unspecified atom stereocenters. The number of fused-ring (bicyclic) bond motifs is 1. The van der Waals surface area contributed by atoms with Gasteiger partial charge >= 0.3 is 0 Å². The number of amides is 2. The third-order valence-electron chi connectivity index (χ3n) is 5.25. The molecule has 0 atom stereocenters. The maximum Gasteiger partial charge on any atom is 0.226 e. The van der Waals surface area contributed by atoms with Crippen molar-refractivity contribution in [3.8, 4) is 17.3 Å². The van der Waals surface area contributed by atoms with Gasteiger partial charge in [-0.25, -0.2) is 18.9 Å². The summed E-state index contributed by atoms with van der Waals surface area (Å²) in [7, 11) is 0. The molecule has 9 nitrogen and oxygen atoms in total. The molecule has 0 saturated carbocycles. The van der Waals surface area contributed by atoms with E-state index in [1.165, 1.54) is 36.6 Å². The van der Waals surface area contributed by atoms with E-state index in [4.69, 9.17) is 0 Å². The van der Waals surface area contributed by atoms with Crippen molar-refractivity contribution in [2.75, 3.05) is 10.6 Å². The molecule has 3 aromatic heterocycles. The van der Waals surface area contributed by atoms with Crippen LogP contribution in [0.25, 0.3) is 16.9 Å². The number of benzene rings is 1. The van der Waals surface area contributed by atoms with Gasteiger partial charge in [-0.1, -0.05) is 0 Å². The van der Waals surface area contributed by atoms with Crippen LogP contribution in [0.1, 0.15) is 35.9 Å². The van der Waals surface area contributed by atoms with E-state index in [0.717, 1.165) is 17.0 Å². The third kappa shape index (κ3) is 4.62. The second kappa shape index (κ2) is 9.36. The minimum absolute atomic E-state index is 0.190. The first kappa shape index (κ1) is 23.0. The lowest BCUT2D eigenvalue weighted by atomic mass is 10.1. The number of anilines is 2. The van der Waals surface area contributed by atoms with E-state index >= 15 is 0 Å². The first-order valence-corrected chi connectivity index (χ1v) is 11.2. The smallest absolute Gasteiger partial charge is 0.226 e. The van der Waals surface area contributed by atoms with E-state index in [-0.39, 0.29) is 23.8 Å². The van der Waals surface area contributed by atoms with Gasteiger partial charge in [-0.15, -0.1) is 11.3 Å². The highest BCUT2D eigenvalue weighted by molar-refractivity contribution is 7.14. The average Bonchev–Trinajstić information content (AvgIpc) is 3.40. The summed E-state index contributed by atoms with van der Waals surface area (Å²) in [5.74, 6) is -1.05. The second-order valence-corrected chi connectivity index (χ2v) is 8.49. The van der Waals surface area contributed by atoms with Gasteiger partial charge in [-0.05, 0) is 44.0 Å². The summed E-state index contributed by atoms with van der Waals surface area (Å²) in [6, 6.07) is 6.42. The second-order valence-electron chi connectivity index (χ2n) is 7.63. The van der Waals surface area contributed by atoms with Crippen LogP contribution in [0.2, 0.25) is 0 Å². The highest BCUT2D eigenvalue weighted by Gasteiger charge is 2.16. The van der Waals surface area contributed by atoms with E-state index in [1.807, 2.05) is 13.8 Å². The Morgan fingerprint density at radius 2 is 2.03 bits per heavy atom. The van der Waals surface area contributed by atoms with Gasteiger partial charge in [0.15, 0.2) is 10.8 Å². The summed E-state index contributed by atoms with van der Waals surface area (Å²) in [5.41, 5.74) is 4.37. The Morgan fingerprint density at radius 1 is 1.24 bits per heavy atom. The van der Waals surface area contributed by atoms with Gasteiger partial charge in [0.1, 0.15) is 17.4 Å². The Bertz CT molecular complexity index is 1470. The predicted molar refractivity (Wildman–Crippen MR) is 126 cm³/mol. The molecular formula is C23H20FN7O2S. The summed E-state index contributed by atoms with van der Waals surface area (Å²) < 4.78 is 16.1. The van der Waals surface area contributed by atoms with Crippen LogP contribution in [0.4, 0.5) is 15.2 Å². The molecule has 0 aliphatic heterocycles. The fraction of sp³-hybridized carbons (Fsp3) is 0.217. The van der Waals surface area contributed by atoms with Gasteiger partial charge in [0.2, 0.25) is 11.8 Å². The van der Waals surface area contributed by atoms with Crippen molar-refractivity contribution >= 4 is 39.6 Å². The molecular weight excluding hydrogens is 457 g/mol. The number of halogens is 1. The number of carbonyl (C=O) groups excluding carboxylic acids is 2. The fourth-order valence-corrected chi connectivity index (χ4v) is 4.36. The normalized spacial score (nSPS) is 10.8. The highest BCUT2D eigenvalue weighted by atomic mass is 32.1. The Morgan fingerprint density at radius 3 is 2.74 bits per heavy atom. The van der Waals surface area contributed by atoms with Crippen molar-refractivity contribution in [2.24, 2.45) is 0 Å². The number of nitrogens with one attached hydrogen (secondary N) is 2. The number of nitrogens with zero attached hydrogens (tertiary/aromatic N) is 5. The van der Waals surface area contributed by atoms with E-state index in [0.29, 0.717) is 34.1 Å². The fourth-order valence-electron chi connectivity index (χ4n) is 3.63. The molecule has 172 valence electrons. The molecule has 11 heteroatoms. The molecule has 0 spiro atoms. The lowest BCUT2D eigenvalue weighted by Gasteiger charge is -2.11. The Balaban J connectivity index is 1.43. The molecule has 0 aliphatic carbocycles. The van der Waals surface area contributed by atoms with Crippen LogP contribution in [0, 0.1) is 31.0 Å². The van der Waals surface area contributed by atoms with Crippen LogP contribution in [0.15, 0.2) is 29.8 Å². The number of rotatable bonds is 6. The molecule has 2 amide bonds. The number of aromatic nitrogens is 4. The largest absolute Gasteiger partial charge is 0.326 e. The Labute approximate surface area is 198 Å². The molecule has 3 heterocycles. The van der Waals surface area contributed by atoms with Crippen molar-refractivity contribution in [1.82, 2.24) is 19.6 Å². The van der Waals surface area contributed by atoms with Crippen molar-refractivity contribution in [1.29, 1.82) is 5.26 Å². The molecule has 0 radical (unpaired) electrons. The van der Waals surface area contributed by atoms with Gasteiger partial charge in [-0.3, -0.25) is 9.59 Å². The zero-order valence-corrected chi connectivity index (χ0v) is 19.5. The number of aryl methyl sites for hydroxylation is 2. The van der Waals surface area contributed by atoms with Crippen molar-refractivity contribution in [3.63, 3.8) is 0 Å². The van der Waals surface area contributed by atoms with Gasteiger partial charge in [0.05, 0.1) is 11.9 Å². The average molecular weight is 478 g/mol. The zero-order chi connectivity index (χ0) is 24.4. The maximum absolute atomic E-state index is 14.5. The minimum atomic E-state index is -0.526. The monoisotopic (exact) mass is 477 g/mol. The molecule has 1 aromatic carbocycles. The van der Waals surface area contributed by atoms with Gasteiger partial charge in [-0.2, -0.15) is 10.4 Å². The van der Waals surface area contributed by atoms with Crippen molar-refractivity contribution < 1.29 is 14.0 Å². The van der Waals surface area contributed by atoms with E-state index in [9.17, 15) is 19.2 Å². The van der Waals surface area contributed by atoms with Crippen LogP contribution < -0.4 is 10.6 Å². The standard InChI is InChI=1S/C23H20FN7O2S/c1-12-17(13(2)31-22(27-12)15(9-25)10-26-31)6-7-21(33)30-23-29-20(11-34-23)18-5-4-16(8-19(18)24)28-14(3)32/h4-5,8,10-11H,6-7H2,1-3H3,(H,28,32)(H,29,30,33). The van der Waals surface area contributed by atoms with Crippen LogP contribution in [0.3, 0.4) is 0 Å².